The van der Waals surface area contributed by atoms with Crippen molar-refractivity contribution in [1.82, 2.24) is 20.4 Å². The van der Waals surface area contributed by atoms with Gasteiger partial charge in [0, 0.05) is 17.1 Å². The van der Waals surface area contributed by atoms with E-state index >= 15 is 0 Å². The Kier molecular flexibility index (Phi) is 3.89. The first-order valence-corrected chi connectivity index (χ1v) is 7.26. The molecular weight excluding hydrogens is 308 g/mol. The molecule has 19 heavy (non-hydrogen) atoms. The number of aryl methyl sites for hydroxylation is 1. The average molecular weight is 323 g/mol. The fourth-order valence-electron chi connectivity index (χ4n) is 2.29. The Balaban J connectivity index is 1.67. The van der Waals surface area contributed by atoms with Crippen LogP contribution in [0, 0.1) is 5.92 Å². The van der Waals surface area contributed by atoms with E-state index in [1.54, 1.807) is 6.20 Å². The van der Waals surface area contributed by atoms with Gasteiger partial charge < -0.3 is 9.84 Å². The second-order valence-corrected chi connectivity index (χ2v) is 5.60. The highest BCUT2D eigenvalue weighted by atomic mass is 79.9. The van der Waals surface area contributed by atoms with Gasteiger partial charge in [-0.05, 0) is 59.9 Å². The number of hydrogen-bond acceptors (Lipinski definition) is 5. The molecule has 3 rings (SSSR count). The van der Waals surface area contributed by atoms with Crippen LogP contribution in [0.3, 0.4) is 0 Å². The first-order chi connectivity index (χ1) is 9.33. The van der Waals surface area contributed by atoms with Crippen LogP contribution in [0.1, 0.15) is 18.7 Å². The summed E-state index contributed by atoms with van der Waals surface area (Å²) >= 11 is 3.44. The quantitative estimate of drug-likeness (QED) is 0.936. The third kappa shape index (κ3) is 3.01. The minimum Gasteiger partial charge on any atom is -0.339 e. The van der Waals surface area contributed by atoms with Gasteiger partial charge in [0.25, 0.3) is 0 Å². The van der Waals surface area contributed by atoms with Crippen molar-refractivity contribution in [2.75, 3.05) is 13.1 Å². The van der Waals surface area contributed by atoms with E-state index in [4.69, 9.17) is 4.52 Å². The normalized spacial score (nSPS) is 18.9. The Morgan fingerprint density at radius 3 is 3.21 bits per heavy atom. The van der Waals surface area contributed by atoms with Gasteiger partial charge in [-0.1, -0.05) is 5.16 Å². The van der Waals surface area contributed by atoms with Crippen LogP contribution in [0.2, 0.25) is 0 Å². The summed E-state index contributed by atoms with van der Waals surface area (Å²) < 4.78 is 6.17. The molecule has 0 radical (unpaired) electrons. The smallest absolute Gasteiger partial charge is 0.227 e. The maximum absolute atomic E-state index is 5.29. The predicted octanol–water partition coefficient (Wildman–Crippen LogP) is 2.44. The van der Waals surface area contributed by atoms with Crippen molar-refractivity contribution < 1.29 is 4.52 Å². The van der Waals surface area contributed by atoms with Gasteiger partial charge >= 0.3 is 0 Å². The lowest BCUT2D eigenvalue weighted by atomic mass is 10.0. The van der Waals surface area contributed by atoms with Crippen molar-refractivity contribution in [3.8, 4) is 11.5 Å². The summed E-state index contributed by atoms with van der Waals surface area (Å²) in [6, 6.07) is 3.78. The first kappa shape index (κ1) is 12.7. The van der Waals surface area contributed by atoms with Crippen molar-refractivity contribution >= 4 is 15.9 Å². The first-order valence-electron chi connectivity index (χ1n) is 6.47. The Morgan fingerprint density at radius 2 is 2.42 bits per heavy atom. The molecule has 1 fully saturated rings. The Labute approximate surface area is 119 Å². The summed E-state index contributed by atoms with van der Waals surface area (Å²) in [6.45, 7) is 2.23. The van der Waals surface area contributed by atoms with E-state index in [-0.39, 0.29) is 0 Å². The van der Waals surface area contributed by atoms with Gasteiger partial charge in [-0.2, -0.15) is 4.98 Å². The maximum atomic E-state index is 5.29. The number of pyridine rings is 1. The van der Waals surface area contributed by atoms with Crippen LogP contribution in [0.15, 0.2) is 27.3 Å². The second kappa shape index (κ2) is 5.79. The highest BCUT2D eigenvalue weighted by Gasteiger charge is 2.17. The van der Waals surface area contributed by atoms with Gasteiger partial charge in [0.1, 0.15) is 5.69 Å². The molecule has 0 aromatic carbocycles. The summed E-state index contributed by atoms with van der Waals surface area (Å²) in [5.74, 6) is 1.98. The number of halogens is 1. The molecule has 6 heteroatoms. The van der Waals surface area contributed by atoms with Crippen molar-refractivity contribution in [1.29, 1.82) is 0 Å². The largest absolute Gasteiger partial charge is 0.339 e. The number of aromatic nitrogens is 3. The monoisotopic (exact) mass is 322 g/mol. The predicted molar refractivity (Wildman–Crippen MR) is 74.5 cm³/mol. The summed E-state index contributed by atoms with van der Waals surface area (Å²) in [7, 11) is 0. The van der Waals surface area contributed by atoms with Crippen LogP contribution in [0.4, 0.5) is 0 Å². The fraction of sp³-hybridized carbons (Fsp3) is 0.462. The Hall–Kier alpha value is -1.27. The Bertz CT molecular complexity index is 551. The molecule has 100 valence electrons. The van der Waals surface area contributed by atoms with Gasteiger partial charge in [0.2, 0.25) is 11.7 Å². The van der Waals surface area contributed by atoms with Crippen molar-refractivity contribution in [2.24, 2.45) is 5.92 Å². The molecule has 0 bridgehead atoms. The highest BCUT2D eigenvalue weighted by Crippen LogP contribution is 2.23. The topological polar surface area (TPSA) is 63.8 Å². The van der Waals surface area contributed by atoms with Gasteiger partial charge in [-0.3, -0.25) is 4.98 Å². The van der Waals surface area contributed by atoms with Crippen LogP contribution in [0.25, 0.3) is 11.5 Å². The minimum atomic E-state index is 0.548. The Morgan fingerprint density at radius 1 is 1.47 bits per heavy atom. The number of hydrogen-bond donors (Lipinski definition) is 1. The standard InChI is InChI=1S/C13H15BrN4O/c14-10-2-1-6-16-12(10)13-17-11(19-18-13)4-3-9-5-7-15-8-9/h1-2,6,9,15H,3-5,7-8H2. The van der Waals surface area contributed by atoms with E-state index < -0.39 is 0 Å². The summed E-state index contributed by atoms with van der Waals surface area (Å²) in [5.41, 5.74) is 0.722. The molecular formula is C13H15BrN4O. The summed E-state index contributed by atoms with van der Waals surface area (Å²) in [4.78, 5) is 8.67. The van der Waals surface area contributed by atoms with E-state index in [0.29, 0.717) is 11.7 Å². The van der Waals surface area contributed by atoms with Crippen LogP contribution in [0.5, 0.6) is 0 Å². The van der Waals surface area contributed by atoms with Gasteiger partial charge in [-0.25, -0.2) is 0 Å². The van der Waals surface area contributed by atoms with Crippen LogP contribution < -0.4 is 5.32 Å². The zero-order valence-electron chi connectivity index (χ0n) is 10.5. The molecule has 2 aromatic rings. The molecule has 3 heterocycles. The minimum absolute atomic E-state index is 0.548. The second-order valence-electron chi connectivity index (χ2n) is 4.74. The van der Waals surface area contributed by atoms with Crippen LogP contribution in [-0.4, -0.2) is 28.2 Å². The van der Waals surface area contributed by atoms with Crippen molar-refractivity contribution in [3.63, 3.8) is 0 Å². The zero-order valence-corrected chi connectivity index (χ0v) is 12.1. The van der Waals surface area contributed by atoms with E-state index in [0.717, 1.165) is 42.0 Å². The maximum Gasteiger partial charge on any atom is 0.227 e. The lowest BCUT2D eigenvalue weighted by Crippen LogP contribution is -2.09. The lowest BCUT2D eigenvalue weighted by molar-refractivity contribution is 0.365. The van der Waals surface area contributed by atoms with E-state index in [9.17, 15) is 0 Å². The van der Waals surface area contributed by atoms with E-state index in [1.165, 1.54) is 6.42 Å². The lowest BCUT2D eigenvalue weighted by Gasteiger charge is -2.03. The highest BCUT2D eigenvalue weighted by molar-refractivity contribution is 9.10. The fourth-order valence-corrected chi connectivity index (χ4v) is 2.72. The molecule has 1 aliphatic heterocycles. The molecule has 2 aromatic heterocycles. The molecule has 1 aliphatic rings. The van der Waals surface area contributed by atoms with Gasteiger partial charge in [0.05, 0.1) is 0 Å². The molecule has 1 unspecified atom stereocenters. The zero-order chi connectivity index (χ0) is 13.1. The van der Waals surface area contributed by atoms with Crippen molar-refractivity contribution in [2.45, 2.75) is 19.3 Å². The molecule has 5 nitrogen and oxygen atoms in total. The molecule has 1 saturated heterocycles. The molecule has 1 N–H and O–H groups in total. The SMILES string of the molecule is Brc1cccnc1-c1noc(CCC2CCNC2)n1. The van der Waals surface area contributed by atoms with Gasteiger partial charge in [0.15, 0.2) is 0 Å². The van der Waals surface area contributed by atoms with Crippen LogP contribution in [-0.2, 0) is 6.42 Å². The number of nitrogens with zero attached hydrogens (tertiary/aromatic N) is 3. The van der Waals surface area contributed by atoms with Gasteiger partial charge in [-0.15, -0.1) is 0 Å². The van der Waals surface area contributed by atoms with Crippen LogP contribution >= 0.6 is 15.9 Å². The third-order valence-corrected chi connectivity index (χ3v) is 4.01. The number of rotatable bonds is 4. The average Bonchev–Trinajstić information content (AvgIpc) is 3.08. The number of nitrogens with one attached hydrogen (secondary N) is 1. The molecule has 0 saturated carbocycles. The third-order valence-electron chi connectivity index (χ3n) is 3.37. The molecule has 0 amide bonds. The molecule has 1 atom stereocenters. The molecule has 0 spiro atoms. The summed E-state index contributed by atoms with van der Waals surface area (Å²) in [5, 5.41) is 7.36. The van der Waals surface area contributed by atoms with E-state index in [1.807, 2.05) is 12.1 Å². The van der Waals surface area contributed by atoms with E-state index in [2.05, 4.69) is 36.4 Å². The summed E-state index contributed by atoms with van der Waals surface area (Å²) in [6.07, 6.45) is 4.90. The van der Waals surface area contributed by atoms with Crippen molar-refractivity contribution in [3.05, 3.63) is 28.7 Å². The molecule has 0 aliphatic carbocycles.